The number of thiazole rings is 1. The molecular weight excluding hydrogens is 512 g/mol. The summed E-state index contributed by atoms with van der Waals surface area (Å²) in [6.45, 7) is 1.26. The molecule has 4 heterocycles. The van der Waals surface area contributed by atoms with Gasteiger partial charge in [0.25, 0.3) is 0 Å². The smallest absolute Gasteiger partial charge is 0.304 e. The number of pyridine rings is 1. The van der Waals surface area contributed by atoms with Gasteiger partial charge in [-0.2, -0.15) is 0 Å². The number of hydrogen-bond acceptors (Lipinski definition) is 6. The predicted molar refractivity (Wildman–Crippen MR) is 151 cm³/mol. The van der Waals surface area contributed by atoms with E-state index in [0.717, 1.165) is 60.9 Å². The van der Waals surface area contributed by atoms with Crippen LogP contribution in [0, 0.1) is 17.8 Å². The van der Waals surface area contributed by atoms with Crippen LogP contribution >= 0.6 is 11.3 Å². The molecular formula is C30H32N4O4S. The number of anilines is 2. The van der Waals surface area contributed by atoms with Gasteiger partial charge in [-0.25, -0.2) is 9.97 Å². The quantitative estimate of drug-likeness (QED) is 0.413. The minimum Gasteiger partial charge on any atom is -0.481 e. The van der Waals surface area contributed by atoms with Gasteiger partial charge in [-0.05, 0) is 61.6 Å². The Hall–Kier alpha value is -3.59. The number of benzene rings is 1. The number of aromatic nitrogens is 2. The Bertz CT molecular complexity index is 1380. The molecule has 8 nitrogen and oxygen atoms in total. The number of hydrogen-bond donors (Lipinski definition) is 1. The Kier molecular flexibility index (Phi) is 7.16. The van der Waals surface area contributed by atoms with E-state index in [1.54, 1.807) is 16.0 Å². The lowest BCUT2D eigenvalue weighted by Gasteiger charge is -2.33. The Morgan fingerprint density at radius 2 is 1.77 bits per heavy atom. The number of carbonyl (C=O) groups is 3. The molecule has 9 heteroatoms. The van der Waals surface area contributed by atoms with Crippen LogP contribution in [0.3, 0.4) is 0 Å². The molecule has 3 aliphatic rings. The van der Waals surface area contributed by atoms with Crippen molar-refractivity contribution in [3.05, 3.63) is 48.0 Å². The summed E-state index contributed by atoms with van der Waals surface area (Å²) in [6, 6.07) is 11.8. The van der Waals surface area contributed by atoms with Crippen molar-refractivity contribution in [3.8, 4) is 22.4 Å². The van der Waals surface area contributed by atoms with Gasteiger partial charge in [0.05, 0.1) is 18.0 Å². The van der Waals surface area contributed by atoms with Crippen LogP contribution in [0.4, 0.5) is 10.9 Å². The van der Waals surface area contributed by atoms with Crippen molar-refractivity contribution in [3.63, 3.8) is 0 Å². The summed E-state index contributed by atoms with van der Waals surface area (Å²) in [7, 11) is 0. The zero-order valence-electron chi connectivity index (χ0n) is 21.8. The monoisotopic (exact) mass is 544 g/mol. The fraction of sp³-hybridized carbons (Fsp3) is 0.433. The highest BCUT2D eigenvalue weighted by Gasteiger charge is 2.43. The minimum atomic E-state index is -0.915. The molecule has 0 bridgehead atoms. The second kappa shape index (κ2) is 10.9. The molecule has 202 valence electrons. The van der Waals surface area contributed by atoms with E-state index in [1.807, 2.05) is 41.8 Å². The molecule has 0 radical (unpaired) electrons. The van der Waals surface area contributed by atoms with Crippen molar-refractivity contribution in [2.45, 2.75) is 51.4 Å². The minimum absolute atomic E-state index is 0.0977. The van der Waals surface area contributed by atoms with E-state index in [0.29, 0.717) is 36.4 Å². The highest BCUT2D eigenvalue weighted by molar-refractivity contribution is 7.14. The first-order valence-electron chi connectivity index (χ1n) is 13.8. The SMILES string of the molecule is O=C(O)C[C@@H]1C(=O)N(c2nc(-c3ccccc3-c3ccc(N4CCCC4=O)nc3)cs2)CCCC[C@H]1C1CC1. The van der Waals surface area contributed by atoms with E-state index in [1.165, 1.54) is 11.3 Å². The van der Waals surface area contributed by atoms with E-state index < -0.39 is 11.9 Å². The third kappa shape index (κ3) is 5.32. The van der Waals surface area contributed by atoms with Crippen LogP contribution in [0.5, 0.6) is 0 Å². The molecule has 6 rings (SSSR count). The Morgan fingerprint density at radius 3 is 2.46 bits per heavy atom. The van der Waals surface area contributed by atoms with Gasteiger partial charge in [0, 0.05) is 42.2 Å². The van der Waals surface area contributed by atoms with Crippen LogP contribution in [0.2, 0.25) is 0 Å². The topological polar surface area (TPSA) is 104 Å². The fourth-order valence-electron chi connectivity index (χ4n) is 6.12. The Morgan fingerprint density at radius 1 is 0.974 bits per heavy atom. The molecule has 2 amide bonds. The maximum absolute atomic E-state index is 13.8. The maximum atomic E-state index is 13.8. The molecule has 1 N–H and O–H groups in total. The first-order chi connectivity index (χ1) is 19.0. The average Bonchev–Trinajstić information content (AvgIpc) is 3.50. The molecule has 0 spiro atoms. The number of rotatable bonds is 7. The van der Waals surface area contributed by atoms with E-state index in [9.17, 15) is 19.5 Å². The van der Waals surface area contributed by atoms with Gasteiger partial charge < -0.3 is 5.11 Å². The molecule has 2 aliphatic heterocycles. The first-order valence-corrected chi connectivity index (χ1v) is 14.7. The number of carboxylic acid groups (broad SMARTS) is 1. The van der Waals surface area contributed by atoms with Crippen LogP contribution in [-0.4, -0.2) is 45.9 Å². The van der Waals surface area contributed by atoms with Crippen molar-refractivity contribution >= 4 is 40.1 Å². The Balaban J connectivity index is 1.28. The van der Waals surface area contributed by atoms with E-state index >= 15 is 0 Å². The molecule has 1 aromatic carbocycles. The van der Waals surface area contributed by atoms with Gasteiger partial charge in [0.2, 0.25) is 11.8 Å². The molecule has 2 saturated heterocycles. The van der Waals surface area contributed by atoms with Gasteiger partial charge in [-0.15, -0.1) is 11.3 Å². The molecule has 3 fully saturated rings. The summed E-state index contributed by atoms with van der Waals surface area (Å²) >= 11 is 1.43. The molecule has 39 heavy (non-hydrogen) atoms. The summed E-state index contributed by atoms with van der Waals surface area (Å²) in [5.41, 5.74) is 3.60. The number of amides is 2. The third-order valence-corrected chi connectivity index (χ3v) is 9.09. The van der Waals surface area contributed by atoms with Gasteiger partial charge >= 0.3 is 5.97 Å². The highest BCUT2D eigenvalue weighted by atomic mass is 32.1. The van der Waals surface area contributed by atoms with Crippen molar-refractivity contribution < 1.29 is 19.5 Å². The van der Waals surface area contributed by atoms with Crippen LogP contribution in [0.15, 0.2) is 48.0 Å². The van der Waals surface area contributed by atoms with Crippen LogP contribution in [-0.2, 0) is 14.4 Å². The van der Waals surface area contributed by atoms with Crippen molar-refractivity contribution in [1.82, 2.24) is 9.97 Å². The van der Waals surface area contributed by atoms with Crippen molar-refractivity contribution in [1.29, 1.82) is 0 Å². The molecule has 2 atom stereocenters. The van der Waals surface area contributed by atoms with E-state index in [2.05, 4.69) is 4.98 Å². The first kappa shape index (κ1) is 25.7. The lowest BCUT2D eigenvalue weighted by molar-refractivity contribution is -0.142. The fourth-order valence-corrected chi connectivity index (χ4v) is 6.97. The molecule has 1 saturated carbocycles. The van der Waals surface area contributed by atoms with Gasteiger partial charge in [-0.1, -0.05) is 30.7 Å². The normalized spacial score (nSPS) is 22.2. The molecule has 1 aliphatic carbocycles. The standard InChI is InChI=1S/C30H32N4O4S/c35-27-9-5-15-33(27)26-13-12-20(17-31-26)22-6-1-2-8-23(22)25-18-39-30(32-25)34-14-4-3-7-21(19-10-11-19)24(29(34)38)16-28(36)37/h1-2,6,8,12-13,17-19,21,24H,3-5,7,9-11,14-16H2,(H,36,37)/t21-,24-/m0/s1. The van der Waals surface area contributed by atoms with Crippen molar-refractivity contribution in [2.75, 3.05) is 22.9 Å². The summed E-state index contributed by atoms with van der Waals surface area (Å²) in [6.07, 6.45) is 8.09. The van der Waals surface area contributed by atoms with Crippen LogP contribution < -0.4 is 9.80 Å². The number of carboxylic acids is 1. The zero-order valence-corrected chi connectivity index (χ0v) is 22.6. The number of carbonyl (C=O) groups excluding carboxylic acids is 2. The lowest BCUT2D eigenvalue weighted by Crippen LogP contribution is -2.43. The largest absolute Gasteiger partial charge is 0.481 e. The number of aliphatic carboxylic acids is 1. The maximum Gasteiger partial charge on any atom is 0.304 e. The third-order valence-electron chi connectivity index (χ3n) is 8.23. The zero-order chi connectivity index (χ0) is 26.9. The van der Waals surface area contributed by atoms with Gasteiger partial charge in [0.15, 0.2) is 5.13 Å². The van der Waals surface area contributed by atoms with Gasteiger partial charge in [0.1, 0.15) is 5.82 Å². The number of nitrogens with zero attached hydrogens (tertiary/aromatic N) is 4. The highest BCUT2D eigenvalue weighted by Crippen LogP contribution is 2.46. The summed E-state index contributed by atoms with van der Waals surface area (Å²) in [5, 5.41) is 12.2. The van der Waals surface area contributed by atoms with E-state index in [4.69, 9.17) is 4.98 Å². The van der Waals surface area contributed by atoms with Gasteiger partial charge in [-0.3, -0.25) is 24.2 Å². The van der Waals surface area contributed by atoms with E-state index in [-0.39, 0.29) is 24.2 Å². The van der Waals surface area contributed by atoms with Crippen molar-refractivity contribution in [2.24, 2.45) is 17.8 Å². The second-order valence-electron chi connectivity index (χ2n) is 10.8. The summed E-state index contributed by atoms with van der Waals surface area (Å²) in [4.78, 5) is 50.5. The Labute approximate surface area is 231 Å². The molecule has 2 aromatic heterocycles. The lowest BCUT2D eigenvalue weighted by atomic mass is 9.80. The molecule has 0 unspecified atom stereocenters. The summed E-state index contributed by atoms with van der Waals surface area (Å²) < 4.78 is 0. The van der Waals surface area contributed by atoms with Crippen LogP contribution in [0.1, 0.15) is 51.4 Å². The predicted octanol–water partition coefficient (Wildman–Crippen LogP) is 5.63. The summed E-state index contributed by atoms with van der Waals surface area (Å²) in [5.74, 6) is -0.115. The van der Waals surface area contributed by atoms with Crippen LogP contribution in [0.25, 0.3) is 22.4 Å². The average molecular weight is 545 g/mol. The molecule has 3 aromatic rings. The second-order valence-corrected chi connectivity index (χ2v) is 11.6.